The highest BCUT2D eigenvalue weighted by Crippen LogP contribution is 2.37. The summed E-state index contributed by atoms with van der Waals surface area (Å²) in [7, 11) is 0. The fourth-order valence-corrected chi connectivity index (χ4v) is 3.83. The summed E-state index contributed by atoms with van der Waals surface area (Å²) in [6, 6.07) is 0. The summed E-state index contributed by atoms with van der Waals surface area (Å²) in [5.41, 5.74) is 5.06. The van der Waals surface area contributed by atoms with E-state index in [4.69, 9.17) is 5.73 Å². The van der Waals surface area contributed by atoms with Crippen molar-refractivity contribution in [2.45, 2.75) is 48.6 Å². The van der Waals surface area contributed by atoms with E-state index in [2.05, 4.69) is 15.3 Å². The molecule has 100 valence electrons. The Balaban J connectivity index is 2.04. The molecular weight excluding hydrogens is 248 g/mol. The molecule has 2 unspecified atom stereocenters. The molecule has 1 aliphatic carbocycles. The van der Waals surface area contributed by atoms with Crippen molar-refractivity contribution >= 4 is 17.7 Å². The standard InChI is InChI=1S/C12H20N4OS/c1-2-16-12(10(13)17)5-3-4-9(8-12)18-11-14-6-7-15-11/h6-7,9,16H,2-5,8H2,1H3,(H2,13,17)(H,14,15). The molecule has 1 aliphatic rings. The number of nitrogens with zero attached hydrogens (tertiary/aromatic N) is 1. The smallest absolute Gasteiger partial charge is 0.237 e. The maximum absolute atomic E-state index is 11.7. The van der Waals surface area contributed by atoms with Gasteiger partial charge in [0.05, 0.1) is 5.54 Å². The molecule has 1 aromatic heterocycles. The highest BCUT2D eigenvalue weighted by atomic mass is 32.2. The summed E-state index contributed by atoms with van der Waals surface area (Å²) in [6.07, 6.45) is 7.31. The Hall–Kier alpha value is -1.01. The molecule has 1 heterocycles. The number of imidazole rings is 1. The van der Waals surface area contributed by atoms with Crippen molar-refractivity contribution in [2.75, 3.05) is 6.54 Å². The zero-order valence-electron chi connectivity index (χ0n) is 10.6. The second-order valence-electron chi connectivity index (χ2n) is 4.71. The zero-order chi connectivity index (χ0) is 13.0. The molecule has 0 bridgehead atoms. The van der Waals surface area contributed by atoms with Gasteiger partial charge in [-0.15, -0.1) is 0 Å². The Kier molecular flexibility index (Phi) is 4.29. The van der Waals surface area contributed by atoms with Crippen LogP contribution in [0, 0.1) is 0 Å². The highest BCUT2D eigenvalue weighted by molar-refractivity contribution is 7.99. The minimum absolute atomic E-state index is 0.228. The minimum atomic E-state index is -0.530. The number of nitrogens with one attached hydrogen (secondary N) is 2. The lowest BCUT2D eigenvalue weighted by Gasteiger charge is -2.38. The Bertz CT molecular complexity index is 391. The molecule has 2 atom stereocenters. The van der Waals surface area contributed by atoms with E-state index in [0.29, 0.717) is 5.25 Å². The average molecular weight is 268 g/mol. The van der Waals surface area contributed by atoms with Crippen LogP contribution in [0.25, 0.3) is 0 Å². The summed E-state index contributed by atoms with van der Waals surface area (Å²) in [5, 5.41) is 4.59. The van der Waals surface area contributed by atoms with Gasteiger partial charge in [0.25, 0.3) is 0 Å². The van der Waals surface area contributed by atoms with Crippen LogP contribution in [-0.4, -0.2) is 33.2 Å². The first-order chi connectivity index (χ1) is 8.66. The molecule has 1 fully saturated rings. The molecule has 1 amide bonds. The van der Waals surface area contributed by atoms with Crippen molar-refractivity contribution in [1.82, 2.24) is 15.3 Å². The van der Waals surface area contributed by atoms with Crippen LogP contribution in [0.2, 0.25) is 0 Å². The predicted molar refractivity (Wildman–Crippen MR) is 72.3 cm³/mol. The van der Waals surface area contributed by atoms with Gasteiger partial charge in [0.1, 0.15) is 0 Å². The lowest BCUT2D eigenvalue weighted by molar-refractivity contribution is -0.125. The fraction of sp³-hybridized carbons (Fsp3) is 0.667. The van der Waals surface area contributed by atoms with E-state index in [1.165, 1.54) is 0 Å². The van der Waals surface area contributed by atoms with Gasteiger partial charge in [0.2, 0.25) is 5.91 Å². The second-order valence-corrected chi connectivity index (χ2v) is 6.00. The monoisotopic (exact) mass is 268 g/mol. The van der Waals surface area contributed by atoms with Crippen LogP contribution in [0.15, 0.2) is 17.6 Å². The van der Waals surface area contributed by atoms with Gasteiger partial charge in [-0.3, -0.25) is 4.79 Å². The fourth-order valence-electron chi connectivity index (χ4n) is 2.61. The third-order valence-corrected chi connectivity index (χ3v) is 4.63. The van der Waals surface area contributed by atoms with Gasteiger partial charge in [-0.1, -0.05) is 18.7 Å². The Morgan fingerprint density at radius 3 is 3.22 bits per heavy atom. The van der Waals surface area contributed by atoms with Gasteiger partial charge in [-0.25, -0.2) is 4.98 Å². The van der Waals surface area contributed by atoms with Crippen LogP contribution in [0.5, 0.6) is 0 Å². The highest BCUT2D eigenvalue weighted by Gasteiger charge is 2.41. The molecule has 0 spiro atoms. The number of aromatic nitrogens is 2. The number of aromatic amines is 1. The minimum Gasteiger partial charge on any atom is -0.368 e. The lowest BCUT2D eigenvalue weighted by atomic mass is 9.80. The number of nitrogens with two attached hydrogens (primary N) is 1. The molecule has 0 aromatic carbocycles. The predicted octanol–water partition coefficient (Wildman–Crippen LogP) is 1.28. The van der Waals surface area contributed by atoms with E-state index in [1.807, 2.05) is 13.1 Å². The third-order valence-electron chi connectivity index (χ3n) is 3.44. The van der Waals surface area contributed by atoms with Crippen LogP contribution in [-0.2, 0) is 4.79 Å². The van der Waals surface area contributed by atoms with Gasteiger partial charge < -0.3 is 16.0 Å². The van der Waals surface area contributed by atoms with E-state index < -0.39 is 5.54 Å². The molecule has 2 rings (SSSR count). The van der Waals surface area contributed by atoms with E-state index in [-0.39, 0.29) is 5.91 Å². The number of carbonyl (C=O) groups excluding carboxylic acids is 1. The normalized spacial score (nSPS) is 28.2. The number of hydrogen-bond acceptors (Lipinski definition) is 4. The van der Waals surface area contributed by atoms with Crippen molar-refractivity contribution in [3.8, 4) is 0 Å². The molecule has 4 N–H and O–H groups in total. The van der Waals surface area contributed by atoms with Crippen molar-refractivity contribution in [1.29, 1.82) is 0 Å². The van der Waals surface area contributed by atoms with Crippen molar-refractivity contribution in [3.05, 3.63) is 12.4 Å². The number of thioether (sulfide) groups is 1. The molecule has 0 radical (unpaired) electrons. The first kappa shape index (κ1) is 13.4. The van der Waals surface area contributed by atoms with Gasteiger partial charge in [0.15, 0.2) is 5.16 Å². The van der Waals surface area contributed by atoms with E-state index >= 15 is 0 Å². The maximum atomic E-state index is 11.7. The molecule has 1 saturated carbocycles. The van der Waals surface area contributed by atoms with Crippen LogP contribution in [0.1, 0.15) is 32.6 Å². The molecule has 6 heteroatoms. The first-order valence-corrected chi connectivity index (χ1v) is 7.25. The summed E-state index contributed by atoms with van der Waals surface area (Å²) in [4.78, 5) is 19.0. The molecule has 1 aromatic rings. The number of likely N-dealkylation sites (N-methyl/N-ethyl adjacent to an activating group) is 1. The van der Waals surface area contributed by atoms with Crippen LogP contribution < -0.4 is 11.1 Å². The summed E-state index contributed by atoms with van der Waals surface area (Å²) in [6.45, 7) is 2.77. The molecule has 18 heavy (non-hydrogen) atoms. The van der Waals surface area contributed by atoms with E-state index in [1.54, 1.807) is 18.0 Å². The van der Waals surface area contributed by atoms with Crippen LogP contribution >= 0.6 is 11.8 Å². The number of hydrogen-bond donors (Lipinski definition) is 3. The maximum Gasteiger partial charge on any atom is 0.237 e. The summed E-state index contributed by atoms with van der Waals surface area (Å²) in [5.74, 6) is -0.228. The average Bonchev–Trinajstić information content (AvgIpc) is 2.82. The molecular formula is C12H20N4OS. The molecule has 5 nitrogen and oxygen atoms in total. The van der Waals surface area contributed by atoms with Gasteiger partial charge in [-0.2, -0.15) is 0 Å². The van der Waals surface area contributed by atoms with Crippen molar-refractivity contribution in [2.24, 2.45) is 5.73 Å². The summed E-state index contributed by atoms with van der Waals surface area (Å²) >= 11 is 1.70. The van der Waals surface area contributed by atoms with Crippen molar-refractivity contribution < 1.29 is 4.79 Å². The molecule has 0 saturated heterocycles. The topological polar surface area (TPSA) is 83.8 Å². The zero-order valence-corrected chi connectivity index (χ0v) is 11.4. The molecule has 0 aliphatic heterocycles. The van der Waals surface area contributed by atoms with E-state index in [0.717, 1.165) is 37.4 Å². The SMILES string of the molecule is CCNC1(C(N)=O)CCCC(Sc2ncc[nH]2)C1. The largest absolute Gasteiger partial charge is 0.368 e. The van der Waals surface area contributed by atoms with Crippen LogP contribution in [0.4, 0.5) is 0 Å². The van der Waals surface area contributed by atoms with Gasteiger partial charge >= 0.3 is 0 Å². The van der Waals surface area contributed by atoms with Crippen molar-refractivity contribution in [3.63, 3.8) is 0 Å². The number of amides is 1. The number of carbonyl (C=O) groups is 1. The number of primary amides is 1. The van der Waals surface area contributed by atoms with Gasteiger partial charge in [-0.05, 0) is 32.2 Å². The quantitative estimate of drug-likeness (QED) is 0.751. The van der Waals surface area contributed by atoms with Gasteiger partial charge in [0, 0.05) is 17.6 Å². The number of rotatable bonds is 5. The summed E-state index contributed by atoms with van der Waals surface area (Å²) < 4.78 is 0. The Morgan fingerprint density at radius 1 is 1.78 bits per heavy atom. The van der Waals surface area contributed by atoms with E-state index in [9.17, 15) is 4.79 Å². The lowest BCUT2D eigenvalue weighted by Crippen LogP contribution is -2.58. The Labute approximate surface area is 111 Å². The number of H-pyrrole nitrogens is 1. The van der Waals surface area contributed by atoms with Crippen LogP contribution in [0.3, 0.4) is 0 Å². The second kappa shape index (κ2) is 5.75. The Morgan fingerprint density at radius 2 is 2.61 bits per heavy atom. The first-order valence-electron chi connectivity index (χ1n) is 6.37. The third kappa shape index (κ3) is 2.87.